The lowest BCUT2D eigenvalue weighted by atomic mass is 10.2. The summed E-state index contributed by atoms with van der Waals surface area (Å²) in [6, 6.07) is 7.97. The van der Waals surface area contributed by atoms with E-state index < -0.39 is 0 Å². The molecule has 0 saturated carbocycles. The zero-order valence-electron chi connectivity index (χ0n) is 14.6. The van der Waals surface area contributed by atoms with Gasteiger partial charge in [-0.3, -0.25) is 9.69 Å². The topological polar surface area (TPSA) is 25.2 Å². The molecule has 130 valence electrons. The van der Waals surface area contributed by atoms with Crippen LogP contribution in [-0.4, -0.2) is 26.2 Å². The van der Waals surface area contributed by atoms with E-state index in [0.717, 1.165) is 28.2 Å². The Kier molecular flexibility index (Phi) is 5.09. The van der Waals surface area contributed by atoms with E-state index in [-0.39, 0.29) is 5.91 Å². The molecule has 3 nitrogen and oxygen atoms in total. The Hall–Kier alpha value is -1.56. The Morgan fingerprint density at radius 1 is 1.24 bits per heavy atom. The van der Waals surface area contributed by atoms with Crippen molar-refractivity contribution in [1.29, 1.82) is 0 Å². The lowest BCUT2D eigenvalue weighted by Crippen LogP contribution is -2.27. The predicted octanol–water partition coefficient (Wildman–Crippen LogP) is 5.28. The molecular formula is C19H19ClN2OS2. The second-order valence-electron chi connectivity index (χ2n) is 6.02. The quantitative estimate of drug-likeness (QED) is 0.526. The Labute approximate surface area is 162 Å². The molecule has 1 aromatic heterocycles. The minimum absolute atomic E-state index is 0.0127. The highest BCUT2D eigenvalue weighted by Gasteiger charge is 2.30. The number of halogens is 1. The highest BCUT2D eigenvalue weighted by Crippen LogP contribution is 2.34. The van der Waals surface area contributed by atoms with Gasteiger partial charge in [0.25, 0.3) is 5.91 Å². The van der Waals surface area contributed by atoms with Crippen LogP contribution in [-0.2, 0) is 4.79 Å². The number of likely N-dealkylation sites (N-methyl/N-ethyl adjacent to an activating group) is 1. The van der Waals surface area contributed by atoms with Crippen molar-refractivity contribution in [2.45, 2.75) is 27.7 Å². The molecule has 0 N–H and O–H groups in total. The number of aryl methyl sites for hydroxylation is 2. The van der Waals surface area contributed by atoms with Crippen molar-refractivity contribution >= 4 is 51.9 Å². The Bertz CT molecular complexity index is 914. The first kappa shape index (κ1) is 18.2. The molecule has 3 rings (SSSR count). The van der Waals surface area contributed by atoms with Gasteiger partial charge >= 0.3 is 0 Å². The SMILES string of the molecule is CCN1C(=O)C(=Cc2cc(C)n(-c3cc(Cl)ccc3C)c2C)SC1=S. The van der Waals surface area contributed by atoms with Crippen molar-refractivity contribution in [1.82, 2.24) is 9.47 Å². The molecule has 1 amide bonds. The Balaban J connectivity index is 2.07. The molecular weight excluding hydrogens is 372 g/mol. The monoisotopic (exact) mass is 390 g/mol. The number of carbonyl (C=O) groups is 1. The maximum Gasteiger partial charge on any atom is 0.266 e. The number of amides is 1. The average molecular weight is 391 g/mol. The lowest BCUT2D eigenvalue weighted by Gasteiger charge is -2.13. The molecule has 0 bridgehead atoms. The minimum Gasteiger partial charge on any atom is -0.318 e. The van der Waals surface area contributed by atoms with Gasteiger partial charge in [0.1, 0.15) is 4.32 Å². The zero-order chi connectivity index (χ0) is 18.3. The number of hydrogen-bond donors (Lipinski definition) is 0. The molecule has 1 aliphatic rings. The summed E-state index contributed by atoms with van der Waals surface area (Å²) in [5.41, 5.74) is 5.40. The van der Waals surface area contributed by atoms with Crippen LogP contribution in [0, 0.1) is 20.8 Å². The number of hydrogen-bond acceptors (Lipinski definition) is 3. The molecule has 0 radical (unpaired) electrons. The van der Waals surface area contributed by atoms with Crippen LogP contribution in [0.1, 0.15) is 29.4 Å². The number of thioether (sulfide) groups is 1. The number of carbonyl (C=O) groups excluding carboxylic acids is 1. The van der Waals surface area contributed by atoms with E-state index in [2.05, 4.69) is 31.4 Å². The second kappa shape index (κ2) is 6.98. The van der Waals surface area contributed by atoms with Crippen LogP contribution in [0.15, 0.2) is 29.2 Å². The Morgan fingerprint density at radius 3 is 2.60 bits per heavy atom. The van der Waals surface area contributed by atoms with E-state index >= 15 is 0 Å². The minimum atomic E-state index is -0.0127. The first-order valence-electron chi connectivity index (χ1n) is 8.04. The molecule has 0 unspecified atom stereocenters. The number of nitrogens with zero attached hydrogens (tertiary/aromatic N) is 2. The Morgan fingerprint density at radius 2 is 1.96 bits per heavy atom. The fraction of sp³-hybridized carbons (Fsp3) is 0.263. The van der Waals surface area contributed by atoms with Crippen molar-refractivity contribution in [3.8, 4) is 5.69 Å². The fourth-order valence-corrected chi connectivity index (χ4v) is 4.58. The van der Waals surface area contributed by atoms with Crippen molar-refractivity contribution in [2.24, 2.45) is 0 Å². The second-order valence-corrected chi connectivity index (χ2v) is 8.13. The van der Waals surface area contributed by atoms with Crippen molar-refractivity contribution < 1.29 is 4.79 Å². The largest absolute Gasteiger partial charge is 0.318 e. The third-order valence-corrected chi connectivity index (χ3v) is 5.97. The van der Waals surface area contributed by atoms with E-state index in [1.807, 2.05) is 31.2 Å². The molecule has 1 fully saturated rings. The van der Waals surface area contributed by atoms with E-state index in [0.29, 0.717) is 20.8 Å². The van der Waals surface area contributed by atoms with Gasteiger partial charge in [-0.2, -0.15) is 0 Å². The smallest absolute Gasteiger partial charge is 0.266 e. The van der Waals surface area contributed by atoms with Crippen LogP contribution in [0.4, 0.5) is 0 Å². The number of aromatic nitrogens is 1. The molecule has 1 saturated heterocycles. The van der Waals surface area contributed by atoms with Crippen molar-refractivity contribution in [2.75, 3.05) is 6.54 Å². The van der Waals surface area contributed by atoms with Crippen LogP contribution >= 0.6 is 35.6 Å². The standard InChI is InChI=1S/C19H19ClN2OS2/c1-5-21-18(23)17(25-19(21)24)9-14-8-12(3)22(13(14)4)16-10-15(20)7-6-11(16)2/h6-10H,5H2,1-4H3. The van der Waals surface area contributed by atoms with E-state index in [1.165, 1.54) is 11.8 Å². The van der Waals surface area contributed by atoms with Gasteiger partial charge in [-0.25, -0.2) is 0 Å². The van der Waals surface area contributed by atoms with E-state index in [1.54, 1.807) is 4.90 Å². The summed E-state index contributed by atoms with van der Waals surface area (Å²) in [5, 5.41) is 0.707. The highest BCUT2D eigenvalue weighted by atomic mass is 35.5. The zero-order valence-corrected chi connectivity index (χ0v) is 17.0. The van der Waals surface area contributed by atoms with Crippen LogP contribution < -0.4 is 0 Å². The summed E-state index contributed by atoms with van der Waals surface area (Å²) in [6.45, 7) is 8.71. The van der Waals surface area contributed by atoms with Crippen LogP contribution in [0.3, 0.4) is 0 Å². The van der Waals surface area contributed by atoms with Crippen LogP contribution in [0.5, 0.6) is 0 Å². The maximum atomic E-state index is 12.4. The molecule has 2 aromatic rings. The molecule has 2 heterocycles. The normalized spacial score (nSPS) is 16.4. The first-order chi connectivity index (χ1) is 11.8. The number of thiocarbonyl (C=S) groups is 1. The van der Waals surface area contributed by atoms with Gasteiger partial charge in [-0.05, 0) is 63.1 Å². The number of rotatable bonds is 3. The molecule has 0 spiro atoms. The summed E-state index contributed by atoms with van der Waals surface area (Å²) in [4.78, 5) is 14.8. The first-order valence-corrected chi connectivity index (χ1v) is 9.64. The van der Waals surface area contributed by atoms with E-state index in [4.69, 9.17) is 23.8 Å². The third-order valence-electron chi connectivity index (χ3n) is 4.36. The van der Waals surface area contributed by atoms with Gasteiger partial charge in [-0.15, -0.1) is 0 Å². The molecule has 25 heavy (non-hydrogen) atoms. The van der Waals surface area contributed by atoms with Gasteiger partial charge in [0, 0.05) is 28.6 Å². The van der Waals surface area contributed by atoms with Gasteiger partial charge < -0.3 is 4.57 Å². The molecule has 1 aromatic carbocycles. The average Bonchev–Trinajstić information content (AvgIpc) is 2.98. The highest BCUT2D eigenvalue weighted by molar-refractivity contribution is 8.26. The fourth-order valence-electron chi connectivity index (χ4n) is 3.04. The molecule has 6 heteroatoms. The molecule has 0 aliphatic carbocycles. The summed E-state index contributed by atoms with van der Waals surface area (Å²) in [6.07, 6.45) is 1.94. The predicted molar refractivity (Wildman–Crippen MR) is 111 cm³/mol. The van der Waals surface area contributed by atoms with Gasteiger partial charge in [0.15, 0.2) is 0 Å². The van der Waals surface area contributed by atoms with Crippen molar-refractivity contribution in [3.63, 3.8) is 0 Å². The number of benzene rings is 1. The van der Waals surface area contributed by atoms with Gasteiger partial charge in [0.2, 0.25) is 0 Å². The molecule has 0 atom stereocenters. The van der Waals surface area contributed by atoms with Gasteiger partial charge in [-0.1, -0.05) is 41.6 Å². The summed E-state index contributed by atoms with van der Waals surface area (Å²) >= 11 is 12.8. The third kappa shape index (κ3) is 3.28. The van der Waals surface area contributed by atoms with E-state index in [9.17, 15) is 4.79 Å². The van der Waals surface area contributed by atoms with Gasteiger partial charge in [0.05, 0.1) is 4.91 Å². The summed E-state index contributed by atoms with van der Waals surface area (Å²) in [5.74, 6) is -0.0127. The summed E-state index contributed by atoms with van der Waals surface area (Å²) < 4.78 is 2.80. The summed E-state index contributed by atoms with van der Waals surface area (Å²) in [7, 11) is 0. The van der Waals surface area contributed by atoms with Crippen LogP contribution in [0.2, 0.25) is 5.02 Å². The van der Waals surface area contributed by atoms with Crippen LogP contribution in [0.25, 0.3) is 11.8 Å². The maximum absolute atomic E-state index is 12.4. The lowest BCUT2D eigenvalue weighted by molar-refractivity contribution is -0.121. The van der Waals surface area contributed by atoms with Crippen molar-refractivity contribution in [3.05, 3.63) is 56.7 Å². The molecule has 1 aliphatic heterocycles.